The van der Waals surface area contributed by atoms with Gasteiger partial charge in [0.15, 0.2) is 5.69 Å². The summed E-state index contributed by atoms with van der Waals surface area (Å²) in [6.45, 7) is 1.46. The maximum atomic E-state index is 12.7. The van der Waals surface area contributed by atoms with Gasteiger partial charge in [0.05, 0.1) is 17.4 Å². The van der Waals surface area contributed by atoms with Crippen LogP contribution in [0.25, 0.3) is 0 Å². The zero-order valence-electron chi connectivity index (χ0n) is 15.4. The fourth-order valence-electron chi connectivity index (χ4n) is 2.82. The Bertz CT molecular complexity index is 854. The summed E-state index contributed by atoms with van der Waals surface area (Å²) in [5, 5.41) is 10.3. The predicted octanol–water partition coefficient (Wildman–Crippen LogP) is 0.855. The number of carbonyl (C=O) groups is 3. The van der Waals surface area contributed by atoms with Gasteiger partial charge in [0.1, 0.15) is 6.54 Å². The van der Waals surface area contributed by atoms with Crippen LogP contribution >= 0.6 is 0 Å². The number of anilines is 1. The van der Waals surface area contributed by atoms with E-state index in [0.29, 0.717) is 11.3 Å². The normalized spacial score (nSPS) is 13.5. The summed E-state index contributed by atoms with van der Waals surface area (Å²) in [7, 11) is 3.28. The summed E-state index contributed by atoms with van der Waals surface area (Å²) in [6.07, 6.45) is 3.39. The number of likely N-dealkylation sites (N-methyl/N-ethyl adjacent to an activating group) is 1. The Hall–Kier alpha value is -3.23. The third-order valence-corrected chi connectivity index (χ3v) is 4.37. The molecule has 0 aliphatic carbocycles. The molecule has 142 valence electrons. The summed E-state index contributed by atoms with van der Waals surface area (Å²) in [5.41, 5.74) is 0.950. The minimum Gasteiger partial charge on any atom is -0.347 e. The van der Waals surface area contributed by atoms with Crippen LogP contribution in [0, 0.1) is 0 Å². The Morgan fingerprint density at radius 3 is 2.56 bits per heavy atom. The van der Waals surface area contributed by atoms with Crippen LogP contribution in [0.15, 0.2) is 30.5 Å². The highest BCUT2D eigenvalue weighted by atomic mass is 16.2. The molecular formula is C18H22N6O3. The average molecular weight is 370 g/mol. The number of hydrogen-bond acceptors (Lipinski definition) is 5. The third-order valence-electron chi connectivity index (χ3n) is 4.37. The van der Waals surface area contributed by atoms with E-state index in [1.165, 1.54) is 15.8 Å². The molecule has 1 aliphatic rings. The van der Waals surface area contributed by atoms with Crippen molar-refractivity contribution >= 4 is 23.4 Å². The van der Waals surface area contributed by atoms with E-state index in [0.717, 1.165) is 25.9 Å². The lowest BCUT2D eigenvalue weighted by Crippen LogP contribution is -2.28. The number of rotatable bonds is 5. The molecule has 1 saturated heterocycles. The molecule has 9 heteroatoms. The van der Waals surface area contributed by atoms with Crippen molar-refractivity contribution in [1.82, 2.24) is 24.8 Å². The molecule has 0 unspecified atom stereocenters. The SMILES string of the molecule is CN(C)C(=O)Cn1cc(C(=O)Nc2ccccc2C(=O)N2CCCC2)nn1. The Morgan fingerprint density at radius 2 is 1.85 bits per heavy atom. The van der Waals surface area contributed by atoms with Gasteiger partial charge in [-0.1, -0.05) is 17.3 Å². The number of benzene rings is 1. The summed E-state index contributed by atoms with van der Waals surface area (Å²) < 4.78 is 1.30. The van der Waals surface area contributed by atoms with E-state index in [4.69, 9.17) is 0 Å². The predicted molar refractivity (Wildman–Crippen MR) is 98.2 cm³/mol. The van der Waals surface area contributed by atoms with Crippen molar-refractivity contribution < 1.29 is 14.4 Å². The number of carbonyl (C=O) groups excluding carboxylic acids is 3. The largest absolute Gasteiger partial charge is 0.347 e. The number of nitrogens with zero attached hydrogens (tertiary/aromatic N) is 5. The zero-order chi connectivity index (χ0) is 19.4. The quantitative estimate of drug-likeness (QED) is 0.841. The molecule has 2 heterocycles. The van der Waals surface area contributed by atoms with Gasteiger partial charge in [0.25, 0.3) is 11.8 Å². The van der Waals surface area contributed by atoms with Gasteiger partial charge in [-0.15, -0.1) is 5.10 Å². The Labute approximate surface area is 156 Å². The maximum Gasteiger partial charge on any atom is 0.277 e. The van der Waals surface area contributed by atoms with Crippen LogP contribution in [-0.4, -0.2) is 69.7 Å². The monoisotopic (exact) mass is 370 g/mol. The van der Waals surface area contributed by atoms with E-state index in [1.807, 2.05) is 0 Å². The molecule has 1 aromatic carbocycles. The summed E-state index contributed by atoms with van der Waals surface area (Å²) >= 11 is 0. The molecule has 2 aromatic rings. The molecule has 0 saturated carbocycles. The third kappa shape index (κ3) is 4.30. The molecule has 3 amide bonds. The first-order chi connectivity index (χ1) is 13.0. The minimum absolute atomic E-state index is 0.00267. The van der Waals surface area contributed by atoms with Crippen LogP contribution in [0.1, 0.15) is 33.7 Å². The van der Waals surface area contributed by atoms with Gasteiger partial charge in [0.2, 0.25) is 5.91 Å². The number of para-hydroxylation sites is 1. The van der Waals surface area contributed by atoms with Gasteiger partial charge in [-0.3, -0.25) is 14.4 Å². The number of nitrogens with one attached hydrogen (secondary N) is 1. The van der Waals surface area contributed by atoms with E-state index in [1.54, 1.807) is 43.3 Å². The van der Waals surface area contributed by atoms with E-state index in [2.05, 4.69) is 15.6 Å². The highest BCUT2D eigenvalue weighted by molar-refractivity contribution is 6.08. The standard InChI is InChI=1S/C18H22N6O3/c1-22(2)16(25)12-24-11-15(20-21-24)17(26)19-14-8-4-3-7-13(14)18(27)23-9-5-6-10-23/h3-4,7-8,11H,5-6,9-10,12H2,1-2H3,(H,19,26). The molecule has 1 aliphatic heterocycles. The summed E-state index contributed by atoms with van der Waals surface area (Å²) in [4.78, 5) is 40.1. The van der Waals surface area contributed by atoms with E-state index in [-0.39, 0.29) is 24.1 Å². The first-order valence-electron chi connectivity index (χ1n) is 8.75. The molecule has 0 atom stereocenters. The van der Waals surface area contributed by atoms with Crippen LogP contribution in [0.3, 0.4) is 0 Å². The molecule has 1 N–H and O–H groups in total. The number of likely N-dealkylation sites (tertiary alicyclic amines) is 1. The van der Waals surface area contributed by atoms with Crippen LogP contribution in [0.5, 0.6) is 0 Å². The van der Waals surface area contributed by atoms with Crippen molar-refractivity contribution in [2.24, 2.45) is 0 Å². The highest BCUT2D eigenvalue weighted by Crippen LogP contribution is 2.20. The molecule has 0 bridgehead atoms. The second kappa shape index (κ2) is 7.98. The topological polar surface area (TPSA) is 100 Å². The molecule has 27 heavy (non-hydrogen) atoms. The van der Waals surface area contributed by atoms with Gasteiger partial charge in [-0.25, -0.2) is 4.68 Å². The van der Waals surface area contributed by atoms with Crippen molar-refractivity contribution in [2.75, 3.05) is 32.5 Å². The van der Waals surface area contributed by atoms with Crippen molar-refractivity contribution in [2.45, 2.75) is 19.4 Å². The molecule has 1 fully saturated rings. The van der Waals surface area contributed by atoms with E-state index >= 15 is 0 Å². The van der Waals surface area contributed by atoms with E-state index < -0.39 is 5.91 Å². The highest BCUT2D eigenvalue weighted by Gasteiger charge is 2.23. The fraction of sp³-hybridized carbons (Fsp3) is 0.389. The van der Waals surface area contributed by atoms with Gasteiger partial charge in [-0.2, -0.15) is 0 Å². The van der Waals surface area contributed by atoms with Crippen LogP contribution < -0.4 is 5.32 Å². The summed E-state index contributed by atoms with van der Waals surface area (Å²) in [6, 6.07) is 6.90. The average Bonchev–Trinajstić information content (AvgIpc) is 3.33. The second-order valence-electron chi connectivity index (χ2n) is 6.59. The minimum atomic E-state index is -0.486. The van der Waals surface area contributed by atoms with Crippen molar-refractivity contribution in [1.29, 1.82) is 0 Å². The lowest BCUT2D eigenvalue weighted by atomic mass is 10.1. The van der Waals surface area contributed by atoms with Crippen LogP contribution in [0.2, 0.25) is 0 Å². The Kier molecular flexibility index (Phi) is 5.49. The molecule has 0 spiro atoms. The second-order valence-corrected chi connectivity index (χ2v) is 6.59. The summed E-state index contributed by atoms with van der Waals surface area (Å²) in [5.74, 6) is -0.739. The Morgan fingerprint density at radius 1 is 1.15 bits per heavy atom. The first kappa shape index (κ1) is 18.6. The van der Waals surface area contributed by atoms with Gasteiger partial charge < -0.3 is 15.1 Å². The maximum absolute atomic E-state index is 12.7. The van der Waals surface area contributed by atoms with Gasteiger partial charge in [0, 0.05) is 27.2 Å². The zero-order valence-corrected chi connectivity index (χ0v) is 15.4. The van der Waals surface area contributed by atoms with E-state index in [9.17, 15) is 14.4 Å². The van der Waals surface area contributed by atoms with Crippen molar-refractivity contribution in [3.63, 3.8) is 0 Å². The van der Waals surface area contributed by atoms with Crippen molar-refractivity contribution in [3.05, 3.63) is 41.7 Å². The molecule has 9 nitrogen and oxygen atoms in total. The molecule has 0 radical (unpaired) electrons. The smallest absolute Gasteiger partial charge is 0.277 e. The molecular weight excluding hydrogens is 348 g/mol. The van der Waals surface area contributed by atoms with Gasteiger partial charge >= 0.3 is 0 Å². The molecule has 1 aromatic heterocycles. The fourth-order valence-corrected chi connectivity index (χ4v) is 2.82. The number of aromatic nitrogens is 3. The Balaban J connectivity index is 1.72. The van der Waals surface area contributed by atoms with Gasteiger partial charge in [-0.05, 0) is 25.0 Å². The lowest BCUT2D eigenvalue weighted by molar-refractivity contribution is -0.129. The van der Waals surface area contributed by atoms with Crippen LogP contribution in [0.4, 0.5) is 5.69 Å². The first-order valence-corrected chi connectivity index (χ1v) is 8.75. The lowest BCUT2D eigenvalue weighted by Gasteiger charge is -2.17. The number of amides is 3. The molecule has 3 rings (SSSR count). The number of hydrogen-bond donors (Lipinski definition) is 1. The van der Waals surface area contributed by atoms with Crippen LogP contribution in [-0.2, 0) is 11.3 Å². The van der Waals surface area contributed by atoms with Crippen molar-refractivity contribution in [3.8, 4) is 0 Å².